The highest BCUT2D eigenvalue weighted by Crippen LogP contribution is 2.42. The number of ether oxygens (including phenoxy) is 1. The van der Waals surface area contributed by atoms with Crippen LogP contribution in [0.4, 0.5) is 39.4 Å². The van der Waals surface area contributed by atoms with Crippen LogP contribution in [0.15, 0.2) is 58.8 Å². The molecule has 1 atom stereocenters. The number of likely N-dealkylation sites (N-methyl/N-ethyl adjacent to an activating group) is 1. The van der Waals surface area contributed by atoms with E-state index in [-0.39, 0.29) is 60.7 Å². The second-order valence-corrected chi connectivity index (χ2v) is 16.5. The zero-order chi connectivity index (χ0) is 39.9. The number of halogens is 5. The zero-order valence-electron chi connectivity index (χ0n) is 30.7. The summed E-state index contributed by atoms with van der Waals surface area (Å²) >= 11 is 0. The van der Waals surface area contributed by atoms with Crippen molar-refractivity contribution in [1.82, 2.24) is 19.9 Å². The average Bonchev–Trinajstić information content (AvgIpc) is 3.45. The predicted octanol–water partition coefficient (Wildman–Crippen LogP) is 6.20. The molecule has 0 fully saturated rings. The lowest BCUT2D eigenvalue weighted by Gasteiger charge is -2.32. The van der Waals surface area contributed by atoms with Crippen molar-refractivity contribution >= 4 is 39.3 Å². The molecular weight excluding hydrogens is 739 g/mol. The Morgan fingerprint density at radius 3 is 2.44 bits per heavy atom. The molecule has 19 heteroatoms. The number of benzene rings is 1. The molecule has 0 saturated carbocycles. The molecule has 2 N–H and O–H groups in total. The Hall–Kier alpha value is -4.65. The minimum absolute atomic E-state index is 0.0325. The van der Waals surface area contributed by atoms with Gasteiger partial charge in [-0.15, -0.1) is 5.10 Å². The number of sulfonamides is 1. The van der Waals surface area contributed by atoms with E-state index in [1.165, 1.54) is 73.3 Å². The van der Waals surface area contributed by atoms with Crippen LogP contribution in [0.1, 0.15) is 53.0 Å². The van der Waals surface area contributed by atoms with Gasteiger partial charge in [-0.05, 0) is 66.8 Å². The van der Waals surface area contributed by atoms with Gasteiger partial charge < -0.3 is 19.6 Å². The van der Waals surface area contributed by atoms with E-state index >= 15 is 8.78 Å². The molecular formula is C35H43F5N8O5S. The summed E-state index contributed by atoms with van der Waals surface area (Å²) in [5.41, 5.74) is -4.15. The highest BCUT2D eigenvalue weighted by Gasteiger charge is 2.48. The maximum atomic E-state index is 16.4. The first kappa shape index (κ1) is 40.5. The van der Waals surface area contributed by atoms with Gasteiger partial charge in [0, 0.05) is 30.6 Å². The first-order valence-corrected chi connectivity index (χ1v) is 18.6. The van der Waals surface area contributed by atoms with E-state index in [0.717, 1.165) is 20.0 Å². The molecule has 13 nitrogen and oxygen atoms in total. The van der Waals surface area contributed by atoms with Crippen molar-refractivity contribution in [2.45, 2.75) is 70.6 Å². The van der Waals surface area contributed by atoms with E-state index < -0.39 is 68.7 Å². The van der Waals surface area contributed by atoms with Gasteiger partial charge in [-0.1, -0.05) is 30.3 Å². The van der Waals surface area contributed by atoms with E-state index in [1.807, 2.05) is 0 Å². The summed E-state index contributed by atoms with van der Waals surface area (Å²) in [6, 6.07) is 9.24. The molecule has 294 valence electrons. The Morgan fingerprint density at radius 1 is 1.06 bits per heavy atom. The van der Waals surface area contributed by atoms with E-state index in [9.17, 15) is 31.5 Å². The van der Waals surface area contributed by atoms with Crippen molar-refractivity contribution in [2.75, 3.05) is 54.5 Å². The maximum Gasteiger partial charge on any atom is 0.397 e. The first-order valence-electron chi connectivity index (χ1n) is 17.1. The molecule has 0 spiro atoms. The number of fused-ring (bicyclic) bond motifs is 6. The summed E-state index contributed by atoms with van der Waals surface area (Å²) in [5.74, 6) is -4.85. The average molecular weight is 783 g/mol. The van der Waals surface area contributed by atoms with Gasteiger partial charge >= 0.3 is 12.1 Å². The Labute approximate surface area is 310 Å². The fourth-order valence-corrected chi connectivity index (χ4v) is 6.80. The summed E-state index contributed by atoms with van der Waals surface area (Å²) < 4.78 is 109. The van der Waals surface area contributed by atoms with Gasteiger partial charge in [0.05, 0.1) is 29.6 Å². The van der Waals surface area contributed by atoms with Crippen LogP contribution in [-0.4, -0.2) is 97.3 Å². The summed E-state index contributed by atoms with van der Waals surface area (Å²) in [4.78, 5) is 28.3. The lowest BCUT2D eigenvalue weighted by molar-refractivity contribution is -0.220. The normalized spacial score (nSPS) is 19.7. The molecule has 2 aliphatic heterocycles. The van der Waals surface area contributed by atoms with Gasteiger partial charge in [-0.25, -0.2) is 20.0 Å². The number of hydrogen-bond acceptors (Lipinski definition) is 11. The van der Waals surface area contributed by atoms with Crippen molar-refractivity contribution in [3.05, 3.63) is 54.2 Å². The van der Waals surface area contributed by atoms with Crippen molar-refractivity contribution < 1.29 is 45.0 Å². The first-order chi connectivity index (χ1) is 25.0. The fourth-order valence-electron chi connectivity index (χ4n) is 5.85. The molecule has 0 amide bonds. The third-order valence-electron chi connectivity index (χ3n) is 9.17. The molecule has 5 rings (SSSR count). The Kier molecular flexibility index (Phi) is 11.2. The number of nitrogens with zero attached hydrogens (tertiary/aromatic N) is 7. The van der Waals surface area contributed by atoms with Crippen molar-refractivity contribution in [3.8, 4) is 11.3 Å². The van der Waals surface area contributed by atoms with Crippen LogP contribution < -0.4 is 14.6 Å². The smallest absolute Gasteiger partial charge is 0.397 e. The molecule has 1 unspecified atom stereocenters. The number of pyridine rings is 1. The number of carbonyl (C=O) groups is 1. The lowest BCUT2D eigenvalue weighted by Crippen LogP contribution is -2.41. The SMILES string of the molecule is CC1CC(OCC(C)(C)C(F)(F)F)=NN1c1ncc2nc1-c1ccccc1C(F)(F)CN(C)CCCN(CC(C)(C)C(=O)O)c1cccc(n1)S(=O)(=O)N2. The molecule has 2 aromatic heterocycles. The quantitative estimate of drug-likeness (QED) is 0.275. The van der Waals surface area contributed by atoms with E-state index in [2.05, 4.69) is 24.8 Å². The van der Waals surface area contributed by atoms with Gasteiger partial charge in [0.25, 0.3) is 15.9 Å². The van der Waals surface area contributed by atoms with Gasteiger partial charge in [0.15, 0.2) is 16.7 Å². The molecule has 0 aliphatic carbocycles. The molecule has 4 bridgehead atoms. The maximum absolute atomic E-state index is 16.4. The summed E-state index contributed by atoms with van der Waals surface area (Å²) in [6.45, 7) is 5.55. The number of hydrazone groups is 1. The van der Waals surface area contributed by atoms with Crippen LogP contribution in [-0.2, 0) is 25.5 Å². The molecule has 2 aliphatic rings. The summed E-state index contributed by atoms with van der Waals surface area (Å²) in [5, 5.41) is 15.1. The highest BCUT2D eigenvalue weighted by atomic mass is 32.2. The van der Waals surface area contributed by atoms with E-state index in [4.69, 9.17) is 4.74 Å². The predicted molar refractivity (Wildman–Crippen MR) is 192 cm³/mol. The molecule has 54 heavy (non-hydrogen) atoms. The highest BCUT2D eigenvalue weighted by molar-refractivity contribution is 7.92. The number of anilines is 3. The summed E-state index contributed by atoms with van der Waals surface area (Å²) in [6.07, 6.45) is -3.12. The van der Waals surface area contributed by atoms with Gasteiger partial charge in [-0.3, -0.25) is 9.52 Å². The number of carboxylic acid groups (broad SMARTS) is 1. The molecule has 0 radical (unpaired) electrons. The Morgan fingerprint density at radius 2 is 1.76 bits per heavy atom. The van der Waals surface area contributed by atoms with Gasteiger partial charge in [-0.2, -0.15) is 30.4 Å². The summed E-state index contributed by atoms with van der Waals surface area (Å²) in [7, 11) is -2.96. The monoisotopic (exact) mass is 782 g/mol. The second kappa shape index (κ2) is 14.9. The third kappa shape index (κ3) is 8.83. The van der Waals surface area contributed by atoms with Crippen LogP contribution in [0, 0.1) is 10.8 Å². The van der Waals surface area contributed by atoms with Crippen LogP contribution in [0.2, 0.25) is 0 Å². The Balaban J connectivity index is 1.62. The van der Waals surface area contributed by atoms with Crippen molar-refractivity contribution in [1.29, 1.82) is 0 Å². The number of hydrogen-bond donors (Lipinski definition) is 2. The molecule has 4 heterocycles. The number of carboxylic acids is 1. The topological polar surface area (TPSA) is 153 Å². The number of nitrogens with one attached hydrogen (secondary N) is 1. The largest absolute Gasteiger partial charge is 0.481 e. The number of alkyl halides is 5. The third-order valence-corrected chi connectivity index (χ3v) is 10.4. The fraction of sp³-hybridized carbons (Fsp3) is 0.514. The molecule has 0 saturated heterocycles. The second-order valence-electron chi connectivity index (χ2n) is 14.9. The van der Waals surface area contributed by atoms with Crippen LogP contribution >= 0.6 is 0 Å². The van der Waals surface area contributed by atoms with Gasteiger partial charge in [0.1, 0.15) is 18.1 Å². The van der Waals surface area contributed by atoms with Crippen molar-refractivity contribution in [2.24, 2.45) is 15.9 Å². The van der Waals surface area contributed by atoms with E-state index in [0.29, 0.717) is 6.42 Å². The number of aromatic nitrogens is 3. The van der Waals surface area contributed by atoms with Crippen LogP contribution in [0.25, 0.3) is 11.3 Å². The molecule has 1 aromatic carbocycles. The zero-order valence-corrected chi connectivity index (χ0v) is 31.5. The number of aliphatic carboxylic acids is 1. The molecule has 3 aromatic rings. The lowest BCUT2D eigenvalue weighted by atomic mass is 9.93. The van der Waals surface area contributed by atoms with E-state index in [1.54, 1.807) is 11.8 Å². The number of rotatable bonds is 6. The van der Waals surface area contributed by atoms with Crippen LogP contribution in [0.5, 0.6) is 0 Å². The standard InChI is InChI=1S/C35H43F5N8O5S/c1-22-17-27(53-21-33(4,5)35(38,39)40)44-48(22)30-29-23-11-7-8-12-24(23)34(36,37)20-46(6)15-10-16-47(19-32(2,3)31(49)50)26-13-9-14-28(43-26)54(51,52)45-25(42-29)18-41-30/h7-9,11-14,18,22H,10,15-17,19-21H2,1-6H3,(H,42,45)(H,49,50). The van der Waals surface area contributed by atoms with Gasteiger partial charge in [0.2, 0.25) is 5.90 Å². The minimum atomic E-state index is -4.55. The Bertz CT molecular complexity index is 2010. The van der Waals surface area contributed by atoms with Crippen molar-refractivity contribution in [3.63, 3.8) is 0 Å². The minimum Gasteiger partial charge on any atom is -0.481 e. The van der Waals surface area contributed by atoms with Crippen LogP contribution in [0.3, 0.4) is 0 Å².